The van der Waals surface area contributed by atoms with Crippen molar-refractivity contribution in [3.8, 4) is 0 Å². The second-order valence-corrected chi connectivity index (χ2v) is 8.26. The number of hydrogen-bond acceptors (Lipinski definition) is 2. The Bertz CT molecular complexity index is 536. The average molecular weight is 360 g/mol. The molecule has 0 amide bonds. The largest absolute Gasteiger partial charge is 0.381 e. The van der Waals surface area contributed by atoms with E-state index in [1.165, 1.54) is 24.8 Å². The molecule has 146 valence electrons. The number of ether oxygens (including phenoxy) is 1. The van der Waals surface area contributed by atoms with Crippen molar-refractivity contribution in [2.24, 2.45) is 16.3 Å². The minimum absolute atomic E-state index is 0.142. The summed E-state index contributed by atoms with van der Waals surface area (Å²) in [6, 6.07) is 10.7. The molecule has 1 N–H and O–H groups in total. The molecule has 0 aromatic heterocycles. The summed E-state index contributed by atoms with van der Waals surface area (Å²) in [5.41, 5.74) is 1.52. The van der Waals surface area contributed by atoms with Crippen molar-refractivity contribution in [2.75, 3.05) is 39.9 Å². The lowest BCUT2D eigenvalue weighted by atomic mass is 9.86. The van der Waals surface area contributed by atoms with E-state index in [0.717, 1.165) is 51.1 Å². The van der Waals surface area contributed by atoms with E-state index in [0.29, 0.717) is 0 Å². The number of nitrogens with zero attached hydrogens (tertiary/aromatic N) is 2. The van der Waals surface area contributed by atoms with Crippen LogP contribution in [0, 0.1) is 11.3 Å². The van der Waals surface area contributed by atoms with Gasteiger partial charge in [0.2, 0.25) is 0 Å². The molecule has 1 heterocycles. The SMILES string of the molecule is CCNC(=NCC(C)(C)Cc1ccccc1)N(C)CCC1CCOCC1. The van der Waals surface area contributed by atoms with Gasteiger partial charge < -0.3 is 15.0 Å². The molecule has 0 atom stereocenters. The van der Waals surface area contributed by atoms with Crippen molar-refractivity contribution < 1.29 is 4.74 Å². The molecule has 1 fully saturated rings. The highest BCUT2D eigenvalue weighted by Gasteiger charge is 2.20. The molecule has 0 saturated carbocycles. The van der Waals surface area contributed by atoms with Crippen LogP contribution in [0.4, 0.5) is 0 Å². The number of aliphatic imine (C=N–C) groups is 1. The van der Waals surface area contributed by atoms with Gasteiger partial charge in [-0.15, -0.1) is 0 Å². The number of rotatable bonds is 8. The van der Waals surface area contributed by atoms with Crippen molar-refractivity contribution in [3.05, 3.63) is 35.9 Å². The third kappa shape index (κ3) is 7.36. The van der Waals surface area contributed by atoms with E-state index in [1.54, 1.807) is 0 Å². The predicted octanol–water partition coefficient (Wildman–Crippen LogP) is 3.97. The van der Waals surface area contributed by atoms with Crippen LogP contribution in [0.25, 0.3) is 0 Å². The summed E-state index contributed by atoms with van der Waals surface area (Å²) < 4.78 is 5.47. The highest BCUT2D eigenvalue weighted by Crippen LogP contribution is 2.22. The fourth-order valence-corrected chi connectivity index (χ4v) is 3.48. The molecule has 1 saturated heterocycles. The number of benzene rings is 1. The van der Waals surface area contributed by atoms with Crippen LogP contribution < -0.4 is 5.32 Å². The summed E-state index contributed by atoms with van der Waals surface area (Å²) in [5, 5.41) is 3.46. The van der Waals surface area contributed by atoms with E-state index >= 15 is 0 Å². The Kier molecular flexibility index (Phi) is 8.43. The third-order valence-corrected chi connectivity index (χ3v) is 5.09. The molecule has 0 unspecified atom stereocenters. The van der Waals surface area contributed by atoms with Gasteiger partial charge in [0.25, 0.3) is 0 Å². The fourth-order valence-electron chi connectivity index (χ4n) is 3.48. The van der Waals surface area contributed by atoms with Crippen LogP contribution in [0.5, 0.6) is 0 Å². The Morgan fingerprint density at radius 1 is 1.23 bits per heavy atom. The van der Waals surface area contributed by atoms with E-state index in [-0.39, 0.29) is 5.41 Å². The van der Waals surface area contributed by atoms with Crippen molar-refractivity contribution in [3.63, 3.8) is 0 Å². The minimum Gasteiger partial charge on any atom is -0.381 e. The van der Waals surface area contributed by atoms with Gasteiger partial charge in [-0.2, -0.15) is 0 Å². The number of guanidine groups is 1. The molecule has 1 aliphatic heterocycles. The summed E-state index contributed by atoms with van der Waals surface area (Å²) in [7, 11) is 2.16. The first-order chi connectivity index (χ1) is 12.5. The summed E-state index contributed by atoms with van der Waals surface area (Å²) in [4.78, 5) is 7.24. The fraction of sp³-hybridized carbons (Fsp3) is 0.682. The Labute approximate surface area is 160 Å². The van der Waals surface area contributed by atoms with Gasteiger partial charge in [-0.05, 0) is 49.5 Å². The van der Waals surface area contributed by atoms with E-state index < -0.39 is 0 Å². The summed E-state index contributed by atoms with van der Waals surface area (Å²) in [6.45, 7) is 11.4. The molecule has 26 heavy (non-hydrogen) atoms. The molecule has 0 aliphatic carbocycles. The summed E-state index contributed by atoms with van der Waals surface area (Å²) in [5.74, 6) is 1.82. The van der Waals surface area contributed by atoms with Crippen molar-refractivity contribution in [2.45, 2.75) is 46.5 Å². The maximum atomic E-state index is 5.47. The van der Waals surface area contributed by atoms with Gasteiger partial charge in [-0.1, -0.05) is 44.2 Å². The molecule has 1 aromatic carbocycles. The van der Waals surface area contributed by atoms with Gasteiger partial charge in [0.15, 0.2) is 5.96 Å². The van der Waals surface area contributed by atoms with Crippen LogP contribution in [0.1, 0.15) is 45.6 Å². The van der Waals surface area contributed by atoms with Crippen LogP contribution in [0.15, 0.2) is 35.3 Å². The molecule has 4 nitrogen and oxygen atoms in total. The van der Waals surface area contributed by atoms with Gasteiger partial charge in [0, 0.05) is 39.9 Å². The smallest absolute Gasteiger partial charge is 0.193 e. The van der Waals surface area contributed by atoms with Crippen molar-refractivity contribution in [1.82, 2.24) is 10.2 Å². The summed E-state index contributed by atoms with van der Waals surface area (Å²) in [6.07, 6.45) is 4.66. The molecular formula is C22H37N3O. The maximum absolute atomic E-state index is 5.47. The Balaban J connectivity index is 1.89. The second-order valence-electron chi connectivity index (χ2n) is 8.26. The van der Waals surface area contributed by atoms with Crippen LogP contribution in [0.2, 0.25) is 0 Å². The highest BCUT2D eigenvalue weighted by molar-refractivity contribution is 5.79. The molecule has 2 rings (SSSR count). The van der Waals surface area contributed by atoms with Crippen molar-refractivity contribution in [1.29, 1.82) is 0 Å². The molecule has 1 aromatic rings. The lowest BCUT2D eigenvalue weighted by molar-refractivity contribution is 0.0625. The predicted molar refractivity (Wildman–Crippen MR) is 111 cm³/mol. The first kappa shape index (κ1) is 20.8. The third-order valence-electron chi connectivity index (χ3n) is 5.09. The monoisotopic (exact) mass is 359 g/mol. The van der Waals surface area contributed by atoms with Crippen LogP contribution >= 0.6 is 0 Å². The summed E-state index contributed by atoms with van der Waals surface area (Å²) >= 11 is 0. The van der Waals surface area contributed by atoms with Crippen molar-refractivity contribution >= 4 is 5.96 Å². The van der Waals surface area contributed by atoms with E-state index in [2.05, 4.69) is 68.4 Å². The highest BCUT2D eigenvalue weighted by atomic mass is 16.5. The number of nitrogens with one attached hydrogen (secondary N) is 1. The van der Waals surface area contributed by atoms with E-state index in [1.807, 2.05) is 0 Å². The Morgan fingerprint density at radius 2 is 1.92 bits per heavy atom. The van der Waals surface area contributed by atoms with Crippen LogP contribution in [-0.4, -0.2) is 50.8 Å². The van der Waals surface area contributed by atoms with Gasteiger partial charge in [0.1, 0.15) is 0 Å². The average Bonchev–Trinajstić information content (AvgIpc) is 2.64. The Morgan fingerprint density at radius 3 is 2.58 bits per heavy atom. The molecule has 0 spiro atoms. The quantitative estimate of drug-likeness (QED) is 0.564. The first-order valence-electron chi connectivity index (χ1n) is 10.1. The van der Waals surface area contributed by atoms with Crippen LogP contribution in [-0.2, 0) is 11.2 Å². The lowest BCUT2D eigenvalue weighted by Gasteiger charge is -2.28. The molecule has 1 aliphatic rings. The molecular weight excluding hydrogens is 322 g/mol. The van der Waals surface area contributed by atoms with E-state index in [4.69, 9.17) is 9.73 Å². The standard InChI is InChI=1S/C22H37N3O/c1-5-23-21(25(4)14-11-19-12-15-26-16-13-19)24-18-22(2,3)17-20-9-7-6-8-10-20/h6-10,19H,5,11-18H2,1-4H3,(H,23,24). The lowest BCUT2D eigenvalue weighted by Crippen LogP contribution is -2.40. The van der Waals surface area contributed by atoms with E-state index in [9.17, 15) is 0 Å². The second kappa shape index (κ2) is 10.6. The topological polar surface area (TPSA) is 36.9 Å². The molecule has 0 radical (unpaired) electrons. The van der Waals surface area contributed by atoms with Gasteiger partial charge >= 0.3 is 0 Å². The zero-order valence-corrected chi connectivity index (χ0v) is 17.1. The zero-order chi connectivity index (χ0) is 18.8. The van der Waals surface area contributed by atoms with Crippen LogP contribution in [0.3, 0.4) is 0 Å². The van der Waals surface area contributed by atoms with Gasteiger partial charge in [-0.25, -0.2) is 0 Å². The van der Waals surface area contributed by atoms with Gasteiger partial charge in [0.05, 0.1) is 0 Å². The van der Waals surface area contributed by atoms with Gasteiger partial charge in [-0.3, -0.25) is 4.99 Å². The normalized spacial score (nSPS) is 16.5. The first-order valence-corrected chi connectivity index (χ1v) is 10.1. The maximum Gasteiger partial charge on any atom is 0.193 e. The zero-order valence-electron chi connectivity index (χ0n) is 17.1. The number of hydrogen-bond donors (Lipinski definition) is 1. The molecule has 0 bridgehead atoms. The Hall–Kier alpha value is -1.55. The molecule has 4 heteroatoms. The minimum atomic E-state index is 0.142.